The van der Waals surface area contributed by atoms with Gasteiger partial charge in [-0.3, -0.25) is 4.90 Å². The van der Waals surface area contributed by atoms with Crippen LogP contribution < -0.4 is 0 Å². The monoisotopic (exact) mass is 245 g/mol. The van der Waals surface area contributed by atoms with Crippen LogP contribution in [0.1, 0.15) is 5.56 Å². The summed E-state index contributed by atoms with van der Waals surface area (Å²) in [7, 11) is 2.10. The molecule has 0 aliphatic carbocycles. The van der Waals surface area contributed by atoms with Crippen LogP contribution in [0, 0.1) is 0 Å². The van der Waals surface area contributed by atoms with E-state index >= 15 is 0 Å². The summed E-state index contributed by atoms with van der Waals surface area (Å²) in [5.74, 6) is 0. The maximum absolute atomic E-state index is 5.54. The third kappa shape index (κ3) is 3.09. The second-order valence-electron chi connectivity index (χ2n) is 4.20. The molecule has 88 valence electrons. The van der Waals surface area contributed by atoms with E-state index in [9.17, 15) is 0 Å². The molecule has 0 amide bonds. The zero-order chi connectivity index (χ0) is 12.1. The standard InChI is InChI=1S/C15H16ClN/c1-17(11-5-10-16)12-14-8-4-7-13-6-2-3-9-15(13)14/h2-10H,11-12H2,1H3. The van der Waals surface area contributed by atoms with E-state index in [1.54, 1.807) is 5.54 Å². The summed E-state index contributed by atoms with van der Waals surface area (Å²) < 4.78 is 0. The largest absolute Gasteiger partial charge is 0.298 e. The van der Waals surface area contributed by atoms with Crippen molar-refractivity contribution in [1.29, 1.82) is 0 Å². The van der Waals surface area contributed by atoms with Crippen LogP contribution in [0.3, 0.4) is 0 Å². The zero-order valence-corrected chi connectivity index (χ0v) is 10.7. The van der Waals surface area contributed by atoms with E-state index in [1.165, 1.54) is 16.3 Å². The van der Waals surface area contributed by atoms with Crippen molar-refractivity contribution in [2.45, 2.75) is 6.54 Å². The Balaban J connectivity index is 2.23. The number of halogens is 1. The first-order valence-corrected chi connectivity index (χ1v) is 6.15. The Bertz CT molecular complexity index is 514. The van der Waals surface area contributed by atoms with E-state index in [0.717, 1.165) is 13.1 Å². The highest BCUT2D eigenvalue weighted by atomic mass is 35.5. The minimum Gasteiger partial charge on any atom is -0.298 e. The SMILES string of the molecule is CN(CC=CCl)Cc1cccc2ccccc12. The molecule has 0 atom stereocenters. The van der Waals surface area contributed by atoms with Crippen molar-refractivity contribution >= 4 is 22.4 Å². The molecular formula is C15H16ClN. The second-order valence-corrected chi connectivity index (χ2v) is 4.45. The van der Waals surface area contributed by atoms with Crippen LogP contribution >= 0.6 is 11.6 Å². The van der Waals surface area contributed by atoms with E-state index in [1.807, 2.05) is 6.08 Å². The summed E-state index contributed by atoms with van der Waals surface area (Å²) in [5, 5.41) is 2.63. The lowest BCUT2D eigenvalue weighted by atomic mass is 10.0. The quantitative estimate of drug-likeness (QED) is 0.786. The van der Waals surface area contributed by atoms with Crippen LogP contribution in [0.4, 0.5) is 0 Å². The van der Waals surface area contributed by atoms with Crippen LogP contribution in [0.5, 0.6) is 0 Å². The number of nitrogens with zero attached hydrogens (tertiary/aromatic N) is 1. The average molecular weight is 246 g/mol. The molecular weight excluding hydrogens is 230 g/mol. The molecule has 2 heteroatoms. The number of hydrogen-bond donors (Lipinski definition) is 0. The zero-order valence-electron chi connectivity index (χ0n) is 9.94. The highest BCUT2D eigenvalue weighted by molar-refractivity contribution is 6.25. The van der Waals surface area contributed by atoms with Crippen LogP contribution in [-0.2, 0) is 6.54 Å². The molecule has 0 saturated heterocycles. The molecule has 2 rings (SSSR count). The van der Waals surface area contributed by atoms with Gasteiger partial charge >= 0.3 is 0 Å². The maximum Gasteiger partial charge on any atom is 0.0240 e. The summed E-state index contributed by atoms with van der Waals surface area (Å²) in [6.45, 7) is 1.80. The molecule has 17 heavy (non-hydrogen) atoms. The first-order chi connectivity index (χ1) is 8.31. The smallest absolute Gasteiger partial charge is 0.0240 e. The molecule has 0 N–H and O–H groups in total. The molecule has 0 saturated carbocycles. The molecule has 0 unspecified atom stereocenters. The van der Waals surface area contributed by atoms with Gasteiger partial charge < -0.3 is 0 Å². The highest BCUT2D eigenvalue weighted by Gasteiger charge is 2.02. The van der Waals surface area contributed by atoms with Gasteiger partial charge in [0.15, 0.2) is 0 Å². The Kier molecular flexibility index (Phi) is 4.18. The lowest BCUT2D eigenvalue weighted by Gasteiger charge is -2.15. The summed E-state index contributed by atoms with van der Waals surface area (Å²) in [4.78, 5) is 2.24. The number of hydrogen-bond acceptors (Lipinski definition) is 1. The molecule has 0 radical (unpaired) electrons. The fourth-order valence-electron chi connectivity index (χ4n) is 2.01. The number of benzene rings is 2. The topological polar surface area (TPSA) is 3.24 Å². The molecule has 1 nitrogen and oxygen atoms in total. The third-order valence-corrected chi connectivity index (χ3v) is 3.00. The first kappa shape index (κ1) is 12.2. The van der Waals surface area contributed by atoms with Gasteiger partial charge in [-0.05, 0) is 23.4 Å². The highest BCUT2D eigenvalue weighted by Crippen LogP contribution is 2.19. The molecule has 2 aromatic carbocycles. The molecule has 0 aliphatic heterocycles. The van der Waals surface area contributed by atoms with Crippen molar-refractivity contribution in [1.82, 2.24) is 4.90 Å². The van der Waals surface area contributed by atoms with E-state index in [2.05, 4.69) is 54.4 Å². The van der Waals surface area contributed by atoms with Gasteiger partial charge in [0, 0.05) is 18.6 Å². The number of fused-ring (bicyclic) bond motifs is 1. The molecule has 0 aromatic heterocycles. The lowest BCUT2D eigenvalue weighted by Crippen LogP contribution is -2.17. The fraction of sp³-hybridized carbons (Fsp3) is 0.200. The first-order valence-electron chi connectivity index (χ1n) is 5.71. The van der Waals surface area contributed by atoms with E-state index in [0.29, 0.717) is 0 Å². The Labute approximate surface area is 107 Å². The van der Waals surface area contributed by atoms with Gasteiger partial charge in [-0.2, -0.15) is 0 Å². The van der Waals surface area contributed by atoms with Crippen molar-refractivity contribution in [3.63, 3.8) is 0 Å². The van der Waals surface area contributed by atoms with Gasteiger partial charge in [0.1, 0.15) is 0 Å². The van der Waals surface area contributed by atoms with E-state index in [4.69, 9.17) is 11.6 Å². The molecule has 0 bridgehead atoms. The van der Waals surface area contributed by atoms with Crippen LogP contribution in [-0.4, -0.2) is 18.5 Å². The van der Waals surface area contributed by atoms with Gasteiger partial charge in [0.2, 0.25) is 0 Å². The van der Waals surface area contributed by atoms with Crippen molar-refractivity contribution in [2.75, 3.05) is 13.6 Å². The average Bonchev–Trinajstić information content (AvgIpc) is 2.37. The third-order valence-electron chi connectivity index (χ3n) is 2.83. The predicted octanol–water partition coefficient (Wildman–Crippen LogP) is 4.02. The van der Waals surface area contributed by atoms with Crippen molar-refractivity contribution in [3.05, 3.63) is 59.6 Å². The summed E-state index contributed by atoms with van der Waals surface area (Å²) >= 11 is 5.54. The Morgan fingerprint density at radius 3 is 2.71 bits per heavy atom. The van der Waals surface area contributed by atoms with Gasteiger partial charge in [-0.1, -0.05) is 60.1 Å². The molecule has 0 fully saturated rings. The number of rotatable bonds is 4. The minimum atomic E-state index is 0.868. The minimum absolute atomic E-state index is 0.868. The normalized spacial score (nSPS) is 11.7. The number of likely N-dealkylation sites (N-methyl/N-ethyl adjacent to an activating group) is 1. The van der Waals surface area contributed by atoms with Crippen LogP contribution in [0.2, 0.25) is 0 Å². The Morgan fingerprint density at radius 2 is 1.88 bits per heavy atom. The Hall–Kier alpha value is -1.31. The van der Waals surface area contributed by atoms with E-state index < -0.39 is 0 Å². The summed E-state index contributed by atoms with van der Waals surface area (Å²) in [6, 6.07) is 14.9. The maximum atomic E-state index is 5.54. The van der Waals surface area contributed by atoms with Gasteiger partial charge in [0.05, 0.1) is 0 Å². The van der Waals surface area contributed by atoms with Crippen molar-refractivity contribution < 1.29 is 0 Å². The van der Waals surface area contributed by atoms with Gasteiger partial charge in [0.25, 0.3) is 0 Å². The molecule has 2 aromatic rings. The lowest BCUT2D eigenvalue weighted by molar-refractivity contribution is 0.365. The van der Waals surface area contributed by atoms with Crippen LogP contribution in [0.25, 0.3) is 10.8 Å². The second kappa shape index (κ2) is 5.85. The predicted molar refractivity (Wildman–Crippen MR) is 75.3 cm³/mol. The van der Waals surface area contributed by atoms with Crippen LogP contribution in [0.15, 0.2) is 54.1 Å². The van der Waals surface area contributed by atoms with Crippen molar-refractivity contribution in [3.8, 4) is 0 Å². The summed E-state index contributed by atoms with van der Waals surface area (Å²) in [6.07, 6.45) is 1.95. The molecule has 0 aliphatic rings. The van der Waals surface area contributed by atoms with Crippen molar-refractivity contribution in [2.24, 2.45) is 0 Å². The van der Waals surface area contributed by atoms with Gasteiger partial charge in [-0.15, -0.1) is 0 Å². The summed E-state index contributed by atoms with van der Waals surface area (Å²) in [5.41, 5.74) is 2.92. The van der Waals surface area contributed by atoms with E-state index in [-0.39, 0.29) is 0 Å². The molecule has 0 heterocycles. The fourth-order valence-corrected chi connectivity index (χ4v) is 2.09. The Morgan fingerprint density at radius 1 is 1.12 bits per heavy atom. The van der Waals surface area contributed by atoms with Gasteiger partial charge in [-0.25, -0.2) is 0 Å². The molecule has 0 spiro atoms.